The van der Waals surface area contributed by atoms with Gasteiger partial charge in [0.25, 0.3) is 5.91 Å². The Morgan fingerprint density at radius 3 is 2.44 bits per heavy atom. The molecular weight excluding hydrogens is 479 g/mol. The van der Waals surface area contributed by atoms with Gasteiger partial charge in [-0.1, -0.05) is 30.0 Å². The molecule has 1 unspecified atom stereocenters. The molecule has 0 bridgehead atoms. The molecule has 1 atom stereocenters. The summed E-state index contributed by atoms with van der Waals surface area (Å²) in [6, 6.07) is 12.7. The average Bonchev–Trinajstić information content (AvgIpc) is 3.45. The lowest BCUT2D eigenvalue weighted by molar-refractivity contribution is -0.130. The minimum atomic E-state index is -0.0387. The zero-order valence-corrected chi connectivity index (χ0v) is 20.2. The van der Waals surface area contributed by atoms with E-state index in [1.54, 1.807) is 39.0 Å². The highest BCUT2D eigenvalue weighted by Crippen LogP contribution is 2.42. The highest BCUT2D eigenvalue weighted by Gasteiger charge is 2.35. The maximum Gasteiger partial charge on any atom is 0.253 e. The van der Waals surface area contributed by atoms with Crippen molar-refractivity contribution in [2.75, 3.05) is 5.75 Å². The van der Waals surface area contributed by atoms with E-state index < -0.39 is 0 Å². The molecule has 6 rings (SSSR count). The lowest BCUT2D eigenvalue weighted by Gasteiger charge is -2.20. The summed E-state index contributed by atoms with van der Waals surface area (Å²) in [5.74, 6) is 1.20. The van der Waals surface area contributed by atoms with Gasteiger partial charge in [-0.3, -0.25) is 9.36 Å². The number of nitrogens with zero attached hydrogens (tertiary/aromatic N) is 5. The number of carbonyl (C=O) groups excluding carboxylic acids is 1. The summed E-state index contributed by atoms with van der Waals surface area (Å²) in [4.78, 5) is 16.7. The van der Waals surface area contributed by atoms with Gasteiger partial charge in [-0.25, -0.2) is 5.01 Å². The Morgan fingerprint density at radius 2 is 1.75 bits per heavy atom. The van der Waals surface area contributed by atoms with Gasteiger partial charge in [0.05, 0.1) is 27.3 Å². The van der Waals surface area contributed by atoms with Crippen LogP contribution in [-0.4, -0.2) is 37.1 Å². The minimum absolute atomic E-state index is 0.00276. The molecule has 1 saturated carbocycles. The van der Waals surface area contributed by atoms with Crippen molar-refractivity contribution in [1.29, 1.82) is 0 Å². The third-order valence-corrected chi connectivity index (χ3v) is 9.17. The van der Waals surface area contributed by atoms with E-state index in [1.165, 1.54) is 16.6 Å². The number of thiophene rings is 3. The molecular formula is C22H19N5OS4. The Morgan fingerprint density at radius 1 is 1.00 bits per heavy atom. The molecule has 0 radical (unpaired) electrons. The summed E-state index contributed by atoms with van der Waals surface area (Å²) < 4.78 is 2.21. The molecule has 0 N–H and O–H groups in total. The van der Waals surface area contributed by atoms with Crippen LogP contribution in [0.4, 0.5) is 0 Å². The van der Waals surface area contributed by atoms with Gasteiger partial charge in [-0.15, -0.1) is 44.2 Å². The van der Waals surface area contributed by atoms with Gasteiger partial charge < -0.3 is 0 Å². The summed E-state index contributed by atoms with van der Waals surface area (Å²) in [5, 5.41) is 22.3. The van der Waals surface area contributed by atoms with Crippen molar-refractivity contribution in [3.63, 3.8) is 0 Å². The third-order valence-electron chi connectivity index (χ3n) is 5.49. The molecule has 0 spiro atoms. The normalized spacial score (nSPS) is 18.3. The fraction of sp³-hybridized carbons (Fsp3) is 0.273. The Labute approximate surface area is 201 Å². The molecule has 1 amide bonds. The second kappa shape index (κ2) is 8.58. The first-order valence-electron chi connectivity index (χ1n) is 10.4. The van der Waals surface area contributed by atoms with Crippen LogP contribution in [0.5, 0.6) is 0 Å². The van der Waals surface area contributed by atoms with E-state index in [-0.39, 0.29) is 11.9 Å². The van der Waals surface area contributed by atoms with Gasteiger partial charge in [0, 0.05) is 17.3 Å². The van der Waals surface area contributed by atoms with Gasteiger partial charge in [0.1, 0.15) is 0 Å². The first-order valence-corrected chi connectivity index (χ1v) is 14.0. The van der Waals surface area contributed by atoms with Crippen molar-refractivity contribution in [3.05, 3.63) is 62.3 Å². The standard InChI is InChI=1S/C22H19N5OS4/c28-20(13-32-22-24-23-21(19-6-3-11-31-19)26(22)14-7-8-14)27-16(18-5-2-10-30-18)12-15(25-27)17-4-1-9-29-17/h1-6,9-11,14,16H,7-8,12-13H2. The fourth-order valence-electron chi connectivity index (χ4n) is 3.84. The molecule has 0 saturated heterocycles. The Kier molecular flexibility index (Phi) is 5.46. The van der Waals surface area contributed by atoms with Crippen LogP contribution >= 0.6 is 45.8 Å². The zero-order valence-electron chi connectivity index (χ0n) is 17.0. The number of thioether (sulfide) groups is 1. The molecule has 1 aliphatic carbocycles. The Balaban J connectivity index is 1.23. The summed E-state index contributed by atoms with van der Waals surface area (Å²) in [7, 11) is 0. The van der Waals surface area contributed by atoms with Crippen molar-refractivity contribution >= 4 is 57.4 Å². The molecule has 6 nitrogen and oxygen atoms in total. The van der Waals surface area contributed by atoms with Crippen molar-refractivity contribution in [1.82, 2.24) is 19.8 Å². The molecule has 0 aromatic carbocycles. The number of hydrogen-bond acceptors (Lipinski definition) is 8. The predicted octanol–water partition coefficient (Wildman–Crippen LogP) is 5.93. The van der Waals surface area contributed by atoms with E-state index in [4.69, 9.17) is 5.10 Å². The van der Waals surface area contributed by atoms with Crippen LogP contribution in [0.1, 0.15) is 41.1 Å². The van der Waals surface area contributed by atoms with E-state index in [0.29, 0.717) is 11.8 Å². The minimum Gasteiger partial charge on any atom is -0.298 e. The number of hydrogen-bond donors (Lipinski definition) is 0. The van der Waals surface area contributed by atoms with Gasteiger partial charge in [-0.2, -0.15) is 5.10 Å². The lowest BCUT2D eigenvalue weighted by atomic mass is 10.1. The van der Waals surface area contributed by atoms with Crippen LogP contribution in [0.25, 0.3) is 10.7 Å². The maximum absolute atomic E-state index is 13.3. The van der Waals surface area contributed by atoms with Gasteiger partial charge >= 0.3 is 0 Å². The van der Waals surface area contributed by atoms with E-state index >= 15 is 0 Å². The van der Waals surface area contributed by atoms with E-state index in [2.05, 4.69) is 43.7 Å². The molecule has 1 fully saturated rings. The number of aromatic nitrogens is 3. The summed E-state index contributed by atoms with van der Waals surface area (Å²) in [6.07, 6.45) is 3.02. The SMILES string of the molecule is O=C(CSc1nnc(-c2cccs2)n1C1CC1)N1N=C(c2cccs2)CC1c1cccs1. The Hall–Kier alpha value is -2.27. The van der Waals surface area contributed by atoms with E-state index in [1.807, 2.05) is 23.6 Å². The lowest BCUT2D eigenvalue weighted by Crippen LogP contribution is -2.28. The molecule has 32 heavy (non-hydrogen) atoms. The summed E-state index contributed by atoms with van der Waals surface area (Å²) in [5.41, 5.74) is 0.984. The molecule has 1 aliphatic heterocycles. The van der Waals surface area contributed by atoms with Crippen LogP contribution in [-0.2, 0) is 4.79 Å². The van der Waals surface area contributed by atoms with Crippen LogP contribution in [0.15, 0.2) is 62.8 Å². The van der Waals surface area contributed by atoms with Gasteiger partial charge in [-0.05, 0) is 47.2 Å². The highest BCUT2D eigenvalue weighted by atomic mass is 32.2. The average molecular weight is 498 g/mol. The highest BCUT2D eigenvalue weighted by molar-refractivity contribution is 7.99. The van der Waals surface area contributed by atoms with E-state index in [0.717, 1.165) is 45.7 Å². The number of hydrazone groups is 1. The molecule has 4 aromatic heterocycles. The zero-order chi connectivity index (χ0) is 21.5. The molecule has 4 aromatic rings. The van der Waals surface area contributed by atoms with Crippen molar-refractivity contribution in [2.45, 2.75) is 36.5 Å². The summed E-state index contributed by atoms with van der Waals surface area (Å²) >= 11 is 6.48. The number of rotatable bonds is 7. The summed E-state index contributed by atoms with van der Waals surface area (Å²) in [6.45, 7) is 0. The first kappa shape index (κ1) is 20.3. The van der Waals surface area contributed by atoms with Crippen LogP contribution < -0.4 is 0 Å². The molecule has 2 aliphatic rings. The molecule has 5 heterocycles. The quantitative estimate of drug-likeness (QED) is 0.297. The smallest absolute Gasteiger partial charge is 0.253 e. The topological polar surface area (TPSA) is 63.4 Å². The predicted molar refractivity (Wildman–Crippen MR) is 132 cm³/mol. The first-order chi connectivity index (χ1) is 15.8. The van der Waals surface area contributed by atoms with Crippen LogP contribution in [0, 0.1) is 0 Å². The fourth-order valence-corrected chi connectivity index (χ4v) is 6.93. The van der Waals surface area contributed by atoms with Gasteiger partial charge in [0.2, 0.25) is 0 Å². The molecule has 162 valence electrons. The van der Waals surface area contributed by atoms with Crippen molar-refractivity contribution in [2.24, 2.45) is 5.10 Å². The third kappa shape index (κ3) is 3.85. The van der Waals surface area contributed by atoms with Crippen LogP contribution in [0.3, 0.4) is 0 Å². The van der Waals surface area contributed by atoms with Crippen LogP contribution in [0.2, 0.25) is 0 Å². The van der Waals surface area contributed by atoms with Gasteiger partial charge in [0.15, 0.2) is 11.0 Å². The van der Waals surface area contributed by atoms with E-state index in [9.17, 15) is 4.79 Å². The van der Waals surface area contributed by atoms with Crippen molar-refractivity contribution < 1.29 is 4.79 Å². The monoisotopic (exact) mass is 497 g/mol. The number of amides is 1. The van der Waals surface area contributed by atoms with Crippen molar-refractivity contribution in [3.8, 4) is 10.7 Å². The largest absolute Gasteiger partial charge is 0.298 e. The second-order valence-corrected chi connectivity index (χ2v) is 11.5. The maximum atomic E-state index is 13.3. The second-order valence-electron chi connectivity index (χ2n) is 7.67. The number of carbonyl (C=O) groups is 1. The molecule has 10 heteroatoms. The Bertz CT molecular complexity index is 1240.